The topological polar surface area (TPSA) is 73.7 Å². The highest BCUT2D eigenvalue weighted by Crippen LogP contribution is 2.13. The largest absolute Gasteiger partial charge is 0.506 e. The maximum Gasteiger partial charge on any atom is 0.272 e. The number of pyridine rings is 1. The van der Waals surface area contributed by atoms with Gasteiger partial charge in [0.15, 0.2) is 0 Å². The lowest BCUT2D eigenvalue weighted by atomic mass is 10.1. The third-order valence-corrected chi connectivity index (χ3v) is 5.16. The number of amides is 2. The van der Waals surface area contributed by atoms with E-state index in [1.54, 1.807) is 4.90 Å². The van der Waals surface area contributed by atoms with Crippen molar-refractivity contribution >= 4 is 11.8 Å². The lowest BCUT2D eigenvalue weighted by molar-refractivity contribution is -0.131. The predicted molar refractivity (Wildman–Crippen MR) is 107 cm³/mol. The number of hydrogen-bond acceptors (Lipinski definition) is 4. The van der Waals surface area contributed by atoms with Gasteiger partial charge in [-0.15, -0.1) is 0 Å². The Morgan fingerprint density at radius 3 is 2.32 bits per heavy atom. The molecule has 1 N–H and O–H groups in total. The van der Waals surface area contributed by atoms with E-state index in [0.29, 0.717) is 38.3 Å². The molecule has 148 valence electrons. The second-order valence-electron chi connectivity index (χ2n) is 7.10. The second kappa shape index (κ2) is 9.35. The van der Waals surface area contributed by atoms with Crippen molar-refractivity contribution in [3.63, 3.8) is 0 Å². The highest BCUT2D eigenvalue weighted by atomic mass is 16.3. The Balaban J connectivity index is 1.51. The molecule has 1 aromatic heterocycles. The number of nitrogens with zero attached hydrogens (tertiary/aromatic N) is 3. The van der Waals surface area contributed by atoms with Crippen LogP contribution in [0.5, 0.6) is 5.75 Å². The van der Waals surface area contributed by atoms with E-state index < -0.39 is 0 Å². The number of hydrogen-bond donors (Lipinski definition) is 1. The summed E-state index contributed by atoms with van der Waals surface area (Å²) in [5.74, 6) is 0.00969. The molecule has 3 rings (SSSR count). The number of carbonyl (C=O) groups is 2. The van der Waals surface area contributed by atoms with Crippen LogP contribution in [0, 0.1) is 0 Å². The first-order chi connectivity index (χ1) is 13.6. The van der Waals surface area contributed by atoms with Gasteiger partial charge in [-0.1, -0.05) is 31.2 Å². The maximum absolute atomic E-state index is 12.6. The van der Waals surface area contributed by atoms with Crippen molar-refractivity contribution in [3.05, 3.63) is 59.4 Å². The Bertz CT molecular complexity index is 803. The first kappa shape index (κ1) is 19.9. The summed E-state index contributed by atoms with van der Waals surface area (Å²) in [5, 5.41) is 9.32. The molecule has 0 bridgehead atoms. The van der Waals surface area contributed by atoms with Crippen LogP contribution in [0.25, 0.3) is 0 Å². The van der Waals surface area contributed by atoms with Crippen LogP contribution in [0.1, 0.15) is 41.4 Å². The van der Waals surface area contributed by atoms with Crippen LogP contribution in [0.4, 0.5) is 0 Å². The van der Waals surface area contributed by atoms with Gasteiger partial charge in [-0.05, 0) is 42.5 Å². The lowest BCUT2D eigenvalue weighted by Crippen LogP contribution is -2.37. The van der Waals surface area contributed by atoms with Gasteiger partial charge in [-0.25, -0.2) is 4.98 Å². The fraction of sp³-hybridized carbons (Fsp3) is 0.409. The summed E-state index contributed by atoms with van der Waals surface area (Å²) in [5.41, 5.74) is 2.79. The van der Waals surface area contributed by atoms with Gasteiger partial charge in [0.25, 0.3) is 5.91 Å². The summed E-state index contributed by atoms with van der Waals surface area (Å²) in [4.78, 5) is 32.8. The van der Waals surface area contributed by atoms with E-state index in [1.807, 2.05) is 4.90 Å². The zero-order chi connectivity index (χ0) is 19.9. The molecule has 0 atom stereocenters. The van der Waals surface area contributed by atoms with E-state index >= 15 is 0 Å². The molecule has 0 saturated carbocycles. The third-order valence-electron chi connectivity index (χ3n) is 5.16. The van der Waals surface area contributed by atoms with E-state index in [-0.39, 0.29) is 17.6 Å². The van der Waals surface area contributed by atoms with Gasteiger partial charge in [0.05, 0.1) is 6.20 Å². The number of aromatic hydroxyl groups is 1. The van der Waals surface area contributed by atoms with Crippen molar-refractivity contribution in [2.45, 2.75) is 32.6 Å². The van der Waals surface area contributed by atoms with Crippen LogP contribution in [-0.4, -0.2) is 57.9 Å². The maximum atomic E-state index is 12.6. The van der Waals surface area contributed by atoms with Crippen LogP contribution < -0.4 is 0 Å². The normalized spacial score (nSPS) is 14.6. The van der Waals surface area contributed by atoms with Gasteiger partial charge >= 0.3 is 0 Å². The Labute approximate surface area is 165 Å². The molecule has 0 aliphatic carbocycles. The smallest absolute Gasteiger partial charge is 0.272 e. The zero-order valence-corrected chi connectivity index (χ0v) is 16.3. The van der Waals surface area contributed by atoms with Crippen molar-refractivity contribution in [1.29, 1.82) is 0 Å². The first-order valence-electron chi connectivity index (χ1n) is 9.86. The molecule has 1 aliphatic heterocycles. The Morgan fingerprint density at radius 1 is 0.964 bits per heavy atom. The number of aromatic nitrogens is 1. The Morgan fingerprint density at radius 2 is 1.64 bits per heavy atom. The fourth-order valence-corrected chi connectivity index (χ4v) is 3.40. The molecule has 0 radical (unpaired) electrons. The Hall–Kier alpha value is -2.89. The van der Waals surface area contributed by atoms with Crippen LogP contribution in [0.15, 0.2) is 42.6 Å². The van der Waals surface area contributed by atoms with Crippen LogP contribution in [0.2, 0.25) is 0 Å². The van der Waals surface area contributed by atoms with E-state index in [2.05, 4.69) is 36.2 Å². The molecule has 1 saturated heterocycles. The van der Waals surface area contributed by atoms with E-state index in [1.165, 1.54) is 29.5 Å². The highest BCUT2D eigenvalue weighted by Gasteiger charge is 2.23. The van der Waals surface area contributed by atoms with Gasteiger partial charge in [0.2, 0.25) is 5.91 Å². The summed E-state index contributed by atoms with van der Waals surface area (Å²) in [7, 11) is 0. The molecule has 0 spiro atoms. The number of rotatable bonds is 5. The van der Waals surface area contributed by atoms with Gasteiger partial charge in [-0.3, -0.25) is 9.59 Å². The SMILES string of the molecule is CCc1ccc(CCC(=O)N2CCCN(C(=O)c3ccc(O)cn3)CC2)cc1. The Kier molecular flexibility index (Phi) is 6.63. The van der Waals surface area contributed by atoms with Gasteiger partial charge < -0.3 is 14.9 Å². The summed E-state index contributed by atoms with van der Waals surface area (Å²) in [6.07, 6.45) is 4.26. The fourth-order valence-electron chi connectivity index (χ4n) is 3.40. The predicted octanol–water partition coefficient (Wildman–Crippen LogP) is 2.66. The molecule has 6 nitrogen and oxygen atoms in total. The molecule has 1 aromatic carbocycles. The van der Waals surface area contributed by atoms with E-state index in [0.717, 1.165) is 19.3 Å². The molecule has 1 fully saturated rings. The summed E-state index contributed by atoms with van der Waals surface area (Å²) in [6.45, 7) is 4.43. The van der Waals surface area contributed by atoms with Gasteiger partial charge in [0.1, 0.15) is 11.4 Å². The summed E-state index contributed by atoms with van der Waals surface area (Å²) in [6, 6.07) is 11.4. The molecular weight excluding hydrogens is 354 g/mol. The average molecular weight is 381 g/mol. The number of aryl methyl sites for hydroxylation is 2. The second-order valence-corrected chi connectivity index (χ2v) is 7.10. The number of carbonyl (C=O) groups excluding carboxylic acids is 2. The van der Waals surface area contributed by atoms with Crippen LogP contribution >= 0.6 is 0 Å². The van der Waals surface area contributed by atoms with Crippen LogP contribution in [-0.2, 0) is 17.6 Å². The monoisotopic (exact) mass is 381 g/mol. The molecule has 6 heteroatoms. The lowest BCUT2D eigenvalue weighted by Gasteiger charge is -2.22. The third kappa shape index (κ3) is 5.09. The minimum atomic E-state index is -0.162. The molecule has 2 aromatic rings. The minimum Gasteiger partial charge on any atom is -0.506 e. The quantitative estimate of drug-likeness (QED) is 0.864. The summed E-state index contributed by atoms with van der Waals surface area (Å²) >= 11 is 0. The van der Waals surface area contributed by atoms with Crippen LogP contribution in [0.3, 0.4) is 0 Å². The van der Waals surface area contributed by atoms with Crippen molar-refractivity contribution in [2.24, 2.45) is 0 Å². The molecule has 0 unspecified atom stereocenters. The molecule has 1 aliphatic rings. The standard InChI is InChI=1S/C22H27N3O3/c1-2-17-4-6-18(7-5-17)8-11-21(27)24-12-3-13-25(15-14-24)22(28)20-10-9-19(26)16-23-20/h4-7,9-10,16,26H,2-3,8,11-15H2,1H3. The molecule has 2 heterocycles. The first-order valence-corrected chi connectivity index (χ1v) is 9.86. The van der Waals surface area contributed by atoms with Gasteiger partial charge in [-0.2, -0.15) is 0 Å². The molecule has 28 heavy (non-hydrogen) atoms. The summed E-state index contributed by atoms with van der Waals surface area (Å²) < 4.78 is 0. The molecule has 2 amide bonds. The van der Waals surface area contributed by atoms with Gasteiger partial charge in [0, 0.05) is 32.6 Å². The van der Waals surface area contributed by atoms with E-state index in [4.69, 9.17) is 0 Å². The average Bonchev–Trinajstić information content (AvgIpc) is 2.99. The number of benzene rings is 1. The van der Waals surface area contributed by atoms with E-state index in [9.17, 15) is 14.7 Å². The van der Waals surface area contributed by atoms with Crippen molar-refractivity contribution in [2.75, 3.05) is 26.2 Å². The highest BCUT2D eigenvalue weighted by molar-refractivity contribution is 5.92. The van der Waals surface area contributed by atoms with Crippen molar-refractivity contribution in [1.82, 2.24) is 14.8 Å². The van der Waals surface area contributed by atoms with Crippen molar-refractivity contribution < 1.29 is 14.7 Å². The minimum absolute atomic E-state index is 0.0357. The zero-order valence-electron chi connectivity index (χ0n) is 16.3. The van der Waals surface area contributed by atoms with Crippen molar-refractivity contribution in [3.8, 4) is 5.75 Å². The molecular formula is C22H27N3O3.